The van der Waals surface area contributed by atoms with Gasteiger partial charge in [0.15, 0.2) is 5.96 Å². The Labute approximate surface area is 405 Å². The molecule has 11 amide bonds. The summed E-state index contributed by atoms with van der Waals surface area (Å²) in [6.07, 6.45) is -0.760. The average Bonchev–Trinajstić information content (AvgIpc) is 3.26. The molecule has 0 aromatic rings. The van der Waals surface area contributed by atoms with Gasteiger partial charge in [0, 0.05) is 20.0 Å². The summed E-state index contributed by atoms with van der Waals surface area (Å²) in [5, 5.41) is 28.3. The molecule has 0 aliphatic carbocycles. The number of nitrogens with zero attached hydrogens (tertiary/aromatic N) is 1. The van der Waals surface area contributed by atoms with Crippen LogP contribution in [0.25, 0.3) is 0 Å². The highest BCUT2D eigenvalue weighted by Crippen LogP contribution is 2.11. The molecule has 0 saturated heterocycles. The lowest BCUT2D eigenvalue weighted by Crippen LogP contribution is -2.61. The fourth-order valence-electron chi connectivity index (χ4n) is 6.34. The Morgan fingerprint density at radius 3 is 1.36 bits per heavy atom. The van der Waals surface area contributed by atoms with Gasteiger partial charge in [-0.25, -0.2) is 0 Å². The van der Waals surface area contributed by atoms with E-state index in [1.54, 1.807) is 13.8 Å². The van der Waals surface area contributed by atoms with Crippen LogP contribution in [0.2, 0.25) is 0 Å². The number of carboxylic acid groups (broad SMARTS) is 1. The number of aliphatic imine (C=N–C) groups is 1. The van der Waals surface area contributed by atoms with Crippen LogP contribution in [0.1, 0.15) is 105 Å². The molecule has 0 spiro atoms. The molecule has 29 nitrogen and oxygen atoms in total. The van der Waals surface area contributed by atoms with Gasteiger partial charge in [0.05, 0.1) is 25.3 Å². The smallest absolute Gasteiger partial charge is 0.325 e. The van der Waals surface area contributed by atoms with Crippen molar-refractivity contribution in [3.8, 4) is 0 Å². The molecule has 0 fully saturated rings. The predicted octanol–water partition coefficient (Wildman–Crippen LogP) is -7.03. The van der Waals surface area contributed by atoms with E-state index in [0.717, 1.165) is 0 Å². The van der Waals surface area contributed by atoms with Crippen molar-refractivity contribution in [2.24, 2.45) is 51.0 Å². The molecule has 0 unspecified atom stereocenters. The number of unbranched alkanes of at least 4 members (excludes halogenated alkanes) is 2. The maximum atomic E-state index is 13.9. The van der Waals surface area contributed by atoms with Gasteiger partial charge in [0.1, 0.15) is 42.3 Å². The first-order chi connectivity index (χ1) is 32.7. The fraction of sp³-hybridized carbons (Fsp3) is 0.683. The number of carbonyl (C=O) groups is 12. The van der Waals surface area contributed by atoms with Crippen LogP contribution in [0.4, 0.5) is 0 Å². The molecule has 0 aromatic carbocycles. The van der Waals surface area contributed by atoms with Gasteiger partial charge in [-0.15, -0.1) is 0 Å². The van der Waals surface area contributed by atoms with Crippen molar-refractivity contribution >= 4 is 76.9 Å². The fourth-order valence-corrected chi connectivity index (χ4v) is 6.34. The van der Waals surface area contributed by atoms with E-state index in [0.29, 0.717) is 32.2 Å². The summed E-state index contributed by atoms with van der Waals surface area (Å²) < 4.78 is 0. The van der Waals surface area contributed by atoms with Crippen molar-refractivity contribution < 1.29 is 62.6 Å². The quantitative estimate of drug-likeness (QED) is 0.0158. The normalized spacial score (nSPS) is 14.7. The van der Waals surface area contributed by atoms with Crippen LogP contribution in [0.5, 0.6) is 0 Å². The van der Waals surface area contributed by atoms with E-state index in [1.165, 1.54) is 13.8 Å². The third-order valence-electron chi connectivity index (χ3n) is 10.4. The molecule has 0 aliphatic heterocycles. The molecule has 23 N–H and O–H groups in total. The zero-order chi connectivity index (χ0) is 53.7. The second-order valence-corrected chi connectivity index (χ2v) is 16.6. The van der Waals surface area contributed by atoms with E-state index >= 15 is 0 Å². The lowest BCUT2D eigenvalue weighted by atomic mass is 9.97. The van der Waals surface area contributed by atoms with Crippen LogP contribution in [-0.2, 0) is 57.5 Å². The zero-order valence-corrected chi connectivity index (χ0v) is 40.1. The second kappa shape index (κ2) is 33.3. The van der Waals surface area contributed by atoms with Crippen molar-refractivity contribution in [1.82, 2.24) is 42.5 Å². The van der Waals surface area contributed by atoms with Gasteiger partial charge < -0.3 is 87.8 Å². The monoisotopic (exact) mass is 999 g/mol. The number of primary amides is 3. The number of hydrogen-bond donors (Lipinski definition) is 16. The second-order valence-electron chi connectivity index (χ2n) is 16.6. The van der Waals surface area contributed by atoms with Gasteiger partial charge in [0.2, 0.25) is 65.0 Å². The SMILES string of the molecule is CC[C@H](C)[C@H](NC(=O)[C@H](CC(N)=O)NC(=O)[C@H](CC(N)=O)NC(=O)[C@H](CCCCN)NC(=O)[C@H](CC(N)=O)NC(=O)[C@H](CCCN=C(N)N)NC(=O)[C@@H](N)CCCCNC(C)=O)C(=O)N[C@@H](C)C(=O)O. The first kappa shape index (κ1) is 62.8. The number of nitrogens with two attached hydrogens (primary N) is 7. The molecular formula is C41H74N16O13. The van der Waals surface area contributed by atoms with Gasteiger partial charge in [-0.05, 0) is 70.8 Å². The Bertz CT molecular complexity index is 1870. The van der Waals surface area contributed by atoms with Gasteiger partial charge in [0.25, 0.3) is 0 Å². The van der Waals surface area contributed by atoms with Crippen LogP contribution < -0.4 is 82.7 Å². The number of rotatable bonds is 36. The average molecular weight is 999 g/mol. The van der Waals surface area contributed by atoms with Crippen LogP contribution in [0.15, 0.2) is 4.99 Å². The first-order valence-corrected chi connectivity index (χ1v) is 22.7. The molecule has 70 heavy (non-hydrogen) atoms. The summed E-state index contributed by atoms with van der Waals surface area (Å²) in [4.78, 5) is 158. The summed E-state index contributed by atoms with van der Waals surface area (Å²) in [5.41, 5.74) is 38.7. The molecule has 0 bridgehead atoms. The van der Waals surface area contributed by atoms with Gasteiger partial charge >= 0.3 is 5.97 Å². The van der Waals surface area contributed by atoms with Gasteiger partial charge in [-0.1, -0.05) is 20.3 Å². The minimum atomic E-state index is -1.87. The van der Waals surface area contributed by atoms with Crippen LogP contribution >= 0.6 is 0 Å². The lowest BCUT2D eigenvalue weighted by Gasteiger charge is -2.28. The number of amides is 11. The van der Waals surface area contributed by atoms with E-state index in [9.17, 15) is 62.6 Å². The molecule has 0 radical (unpaired) electrons. The number of carbonyl (C=O) groups excluding carboxylic acids is 11. The molecule has 9 atom stereocenters. The van der Waals surface area contributed by atoms with Crippen molar-refractivity contribution in [3.05, 3.63) is 0 Å². The molecule has 29 heteroatoms. The highest BCUT2D eigenvalue weighted by molar-refractivity contribution is 6.00. The van der Waals surface area contributed by atoms with E-state index in [4.69, 9.17) is 40.1 Å². The van der Waals surface area contributed by atoms with Crippen molar-refractivity contribution in [2.45, 2.75) is 153 Å². The Balaban J connectivity index is 6.60. The maximum absolute atomic E-state index is 13.9. The van der Waals surface area contributed by atoms with E-state index in [1.807, 2.05) is 0 Å². The molecule has 0 aliphatic rings. The number of carboxylic acids is 1. The number of hydrogen-bond acceptors (Lipinski definition) is 15. The van der Waals surface area contributed by atoms with Crippen LogP contribution in [-0.4, -0.2) is 150 Å². The van der Waals surface area contributed by atoms with Crippen molar-refractivity contribution in [1.29, 1.82) is 0 Å². The summed E-state index contributed by atoms with van der Waals surface area (Å²) in [6.45, 7) is 6.31. The minimum Gasteiger partial charge on any atom is -0.480 e. The molecule has 0 aromatic heterocycles. The van der Waals surface area contributed by atoms with Crippen LogP contribution in [0, 0.1) is 5.92 Å². The van der Waals surface area contributed by atoms with E-state index in [2.05, 4.69) is 47.5 Å². The largest absolute Gasteiger partial charge is 0.480 e. The third-order valence-corrected chi connectivity index (χ3v) is 10.4. The summed E-state index contributed by atoms with van der Waals surface area (Å²) in [5.74, 6) is -13.0. The summed E-state index contributed by atoms with van der Waals surface area (Å²) in [6, 6.07) is -12.2. The maximum Gasteiger partial charge on any atom is 0.325 e. The number of aliphatic carboxylic acids is 1. The van der Waals surface area contributed by atoms with E-state index < -0.39 is 139 Å². The first-order valence-electron chi connectivity index (χ1n) is 22.7. The van der Waals surface area contributed by atoms with E-state index in [-0.39, 0.29) is 57.1 Å². The summed E-state index contributed by atoms with van der Waals surface area (Å²) >= 11 is 0. The molecule has 396 valence electrons. The van der Waals surface area contributed by atoms with Gasteiger partial charge in [-0.2, -0.15) is 0 Å². The zero-order valence-electron chi connectivity index (χ0n) is 40.1. The standard InChI is InChI=1S/C41H74N16O13/c1-5-20(2)32(39(68)51-21(3)40(69)70)57-38(67)28(19-31(46)61)56-37(66)27(18-30(45)60)55-34(63)24(12-6-8-14-42)53-36(65)26(17-29(44)59)54-35(64)25(13-10-16-50-41(47)48)52-33(62)23(43)11-7-9-15-49-22(4)58/h20-21,23-28,32H,5-19,42-43H2,1-4H3,(H2,44,59)(H2,45,60)(H2,46,61)(H,49,58)(H,51,68)(H,52,62)(H,53,65)(H,54,64)(H,55,63)(H,56,66)(H,57,67)(H,69,70)(H4,47,48,50)/t20-,21-,23-,24-,25-,26-,27-,28-,32-/m0/s1. The highest BCUT2D eigenvalue weighted by atomic mass is 16.4. The Morgan fingerprint density at radius 2 is 0.943 bits per heavy atom. The Hall–Kier alpha value is -7.17. The third kappa shape index (κ3) is 26.4. The molecular weight excluding hydrogens is 925 g/mol. The Morgan fingerprint density at radius 1 is 0.529 bits per heavy atom. The van der Waals surface area contributed by atoms with Crippen molar-refractivity contribution in [3.63, 3.8) is 0 Å². The molecule has 0 heterocycles. The van der Waals surface area contributed by atoms with Crippen molar-refractivity contribution in [2.75, 3.05) is 19.6 Å². The number of guanidine groups is 1. The summed E-state index contributed by atoms with van der Waals surface area (Å²) in [7, 11) is 0. The predicted molar refractivity (Wildman–Crippen MR) is 251 cm³/mol. The highest BCUT2D eigenvalue weighted by Gasteiger charge is 2.36. The Kier molecular flexibility index (Phi) is 29.9. The minimum absolute atomic E-state index is 0.0305. The topological polar surface area (TPSA) is 516 Å². The molecule has 0 rings (SSSR count). The lowest BCUT2D eigenvalue weighted by molar-refractivity contribution is -0.142. The van der Waals surface area contributed by atoms with Gasteiger partial charge in [-0.3, -0.25) is 62.5 Å². The van der Waals surface area contributed by atoms with Crippen LogP contribution in [0.3, 0.4) is 0 Å². The molecule has 0 saturated carbocycles. The number of nitrogens with one attached hydrogen (secondary N) is 8.